The minimum Gasteiger partial charge on any atom is -0.347 e. The van der Waals surface area contributed by atoms with E-state index < -0.39 is 13.8 Å². The van der Waals surface area contributed by atoms with Crippen LogP contribution in [0.25, 0.3) is 0 Å². The van der Waals surface area contributed by atoms with Crippen LogP contribution in [-0.4, -0.2) is 44.7 Å². The summed E-state index contributed by atoms with van der Waals surface area (Å²) >= 11 is 6.35. The fourth-order valence-corrected chi connectivity index (χ4v) is 5.10. The second-order valence-electron chi connectivity index (χ2n) is 7.00. The monoisotopic (exact) mass is 424 g/mol. The van der Waals surface area contributed by atoms with E-state index in [1.54, 1.807) is 6.08 Å². The maximum Gasteiger partial charge on any atom is 0.327 e. The van der Waals surface area contributed by atoms with Gasteiger partial charge in [0.1, 0.15) is 4.32 Å². The lowest BCUT2D eigenvalue weighted by atomic mass is 9.84. The normalized spacial score (nSPS) is 22.3. The zero-order valence-electron chi connectivity index (χ0n) is 15.2. The molecule has 2 heterocycles. The molecule has 0 atom stereocenters. The van der Waals surface area contributed by atoms with Crippen molar-refractivity contribution in [3.8, 4) is 0 Å². The van der Waals surface area contributed by atoms with Gasteiger partial charge in [0, 0.05) is 30.4 Å². The number of thiocarbonyl (C=S) groups is 1. The first-order chi connectivity index (χ1) is 12.5. The van der Waals surface area contributed by atoms with Gasteiger partial charge >= 0.3 is 7.60 Å². The summed E-state index contributed by atoms with van der Waals surface area (Å²) in [6, 6.07) is 8.19. The van der Waals surface area contributed by atoms with Crippen LogP contribution >= 0.6 is 31.6 Å². The molecule has 0 spiro atoms. The van der Waals surface area contributed by atoms with Crippen molar-refractivity contribution in [3.05, 3.63) is 52.6 Å². The molecule has 9 heteroatoms. The standard InChI is InChI=1S/C18H21N2O4PS2/c1-18(2)12-6-4-5-7-13(12)19(3)15(18)9-8-14-16(21)20(17(26)27-14)10-11-25(22,23)24/h4-9H,10-11H2,1-3H3,(H2,22,23,24). The number of hydrogen-bond acceptors (Lipinski definition) is 5. The largest absolute Gasteiger partial charge is 0.347 e. The van der Waals surface area contributed by atoms with Gasteiger partial charge in [0.2, 0.25) is 0 Å². The minimum atomic E-state index is -4.18. The highest BCUT2D eigenvalue weighted by atomic mass is 32.2. The van der Waals surface area contributed by atoms with E-state index in [9.17, 15) is 9.36 Å². The number of nitrogens with zero attached hydrogens (tertiary/aromatic N) is 2. The van der Waals surface area contributed by atoms with E-state index in [-0.39, 0.29) is 17.9 Å². The third kappa shape index (κ3) is 3.91. The highest BCUT2D eigenvalue weighted by Crippen LogP contribution is 2.47. The van der Waals surface area contributed by atoms with Crippen LogP contribution in [-0.2, 0) is 14.8 Å². The van der Waals surface area contributed by atoms with Crippen molar-refractivity contribution in [1.29, 1.82) is 0 Å². The number of thioether (sulfide) groups is 1. The van der Waals surface area contributed by atoms with Gasteiger partial charge in [-0.05, 0) is 23.8 Å². The number of anilines is 1. The van der Waals surface area contributed by atoms with Gasteiger partial charge in [-0.25, -0.2) is 0 Å². The third-order valence-corrected chi connectivity index (χ3v) is 7.00. The predicted octanol–water partition coefficient (Wildman–Crippen LogP) is 3.22. The lowest BCUT2D eigenvalue weighted by Gasteiger charge is -2.23. The van der Waals surface area contributed by atoms with Crippen molar-refractivity contribution < 1.29 is 19.1 Å². The smallest absolute Gasteiger partial charge is 0.327 e. The number of carbonyl (C=O) groups is 1. The van der Waals surface area contributed by atoms with E-state index in [0.29, 0.717) is 9.23 Å². The van der Waals surface area contributed by atoms with E-state index in [1.165, 1.54) is 10.5 Å². The van der Waals surface area contributed by atoms with Crippen LogP contribution in [0.1, 0.15) is 19.4 Å². The molecule has 0 aliphatic carbocycles. The van der Waals surface area contributed by atoms with E-state index >= 15 is 0 Å². The second-order valence-corrected chi connectivity index (χ2v) is 10.4. The molecule has 0 aromatic heterocycles. The SMILES string of the molecule is CN1C(=CC=C2SC(=S)N(CCP(=O)(O)O)C2=O)C(C)(C)c2ccccc21. The Morgan fingerprint density at radius 3 is 2.56 bits per heavy atom. The van der Waals surface area contributed by atoms with Crippen molar-refractivity contribution >= 4 is 47.5 Å². The Morgan fingerprint density at radius 2 is 1.93 bits per heavy atom. The van der Waals surface area contributed by atoms with Crippen LogP contribution < -0.4 is 4.90 Å². The Bertz CT molecular complexity index is 920. The summed E-state index contributed by atoms with van der Waals surface area (Å²) in [6.07, 6.45) is 3.27. The zero-order chi connectivity index (χ0) is 20.0. The van der Waals surface area contributed by atoms with Crippen molar-refractivity contribution in [2.24, 2.45) is 0 Å². The fraction of sp³-hybridized carbons (Fsp3) is 0.333. The molecule has 1 fully saturated rings. The third-order valence-electron chi connectivity index (χ3n) is 4.82. The molecule has 0 saturated carbocycles. The molecule has 0 unspecified atom stereocenters. The molecule has 2 aliphatic heterocycles. The van der Waals surface area contributed by atoms with Crippen LogP contribution in [0.2, 0.25) is 0 Å². The Morgan fingerprint density at radius 1 is 1.26 bits per heavy atom. The summed E-state index contributed by atoms with van der Waals surface area (Å²) in [5, 5.41) is 0. The molecular formula is C18H21N2O4PS2. The van der Waals surface area contributed by atoms with Gasteiger partial charge in [0.15, 0.2) is 0 Å². The molecule has 27 heavy (non-hydrogen) atoms. The van der Waals surface area contributed by atoms with Gasteiger partial charge in [-0.3, -0.25) is 14.3 Å². The molecule has 2 aliphatic rings. The Kier molecular flexibility index (Phi) is 5.40. The average molecular weight is 424 g/mol. The van der Waals surface area contributed by atoms with Crippen LogP contribution in [0.15, 0.2) is 47.0 Å². The molecule has 0 bridgehead atoms. The van der Waals surface area contributed by atoms with Crippen LogP contribution in [0.5, 0.6) is 0 Å². The summed E-state index contributed by atoms with van der Waals surface area (Å²) in [5.74, 6) is -0.314. The Hall–Kier alpha value is -1.44. The molecule has 0 radical (unpaired) electrons. The summed E-state index contributed by atoms with van der Waals surface area (Å²) in [4.78, 5) is 34.4. The predicted molar refractivity (Wildman–Crippen MR) is 113 cm³/mol. The van der Waals surface area contributed by atoms with Crippen LogP contribution in [0.4, 0.5) is 5.69 Å². The molecule has 1 amide bonds. The van der Waals surface area contributed by atoms with Gasteiger partial charge in [0.25, 0.3) is 5.91 Å². The number of rotatable bonds is 4. The fourth-order valence-electron chi connectivity index (χ4n) is 3.39. The first kappa shape index (κ1) is 20.3. The maximum atomic E-state index is 12.6. The van der Waals surface area contributed by atoms with Crippen molar-refractivity contribution in [2.75, 3.05) is 24.7 Å². The van der Waals surface area contributed by atoms with Gasteiger partial charge < -0.3 is 14.7 Å². The van der Waals surface area contributed by atoms with Gasteiger partial charge in [-0.2, -0.15) is 0 Å². The number of carbonyl (C=O) groups excluding carboxylic acids is 1. The molecule has 6 nitrogen and oxygen atoms in total. The Balaban J connectivity index is 1.85. The lowest BCUT2D eigenvalue weighted by molar-refractivity contribution is -0.122. The number of allylic oxidation sites excluding steroid dienone is 3. The lowest BCUT2D eigenvalue weighted by Crippen LogP contribution is -2.30. The molecule has 1 saturated heterocycles. The summed E-state index contributed by atoms with van der Waals surface area (Å²) in [6.45, 7) is 4.19. The summed E-state index contributed by atoms with van der Waals surface area (Å²) in [7, 11) is -2.18. The first-order valence-corrected chi connectivity index (χ1v) is 11.4. The Labute approximate surface area is 168 Å². The summed E-state index contributed by atoms with van der Waals surface area (Å²) < 4.78 is 11.4. The van der Waals surface area contributed by atoms with Gasteiger partial charge in [0.05, 0.1) is 11.1 Å². The van der Waals surface area contributed by atoms with Crippen LogP contribution in [0.3, 0.4) is 0 Å². The molecule has 1 aromatic rings. The summed E-state index contributed by atoms with van der Waals surface area (Å²) in [5.41, 5.74) is 3.22. The van der Waals surface area contributed by atoms with Crippen molar-refractivity contribution in [2.45, 2.75) is 19.3 Å². The molecule has 144 valence electrons. The average Bonchev–Trinajstić information content (AvgIpc) is 2.95. The minimum absolute atomic E-state index is 0.0836. The van der Waals surface area contributed by atoms with Crippen LogP contribution in [0, 0.1) is 0 Å². The van der Waals surface area contributed by atoms with E-state index in [2.05, 4.69) is 30.9 Å². The zero-order valence-corrected chi connectivity index (χ0v) is 17.8. The van der Waals surface area contributed by atoms with E-state index in [4.69, 9.17) is 22.0 Å². The molecule has 1 aromatic carbocycles. The number of likely N-dealkylation sites (N-methyl/N-ethyl adjacent to an activating group) is 1. The molecular weight excluding hydrogens is 403 g/mol. The van der Waals surface area contributed by atoms with E-state index in [1.807, 2.05) is 25.3 Å². The van der Waals surface area contributed by atoms with Gasteiger partial charge in [-0.15, -0.1) is 0 Å². The van der Waals surface area contributed by atoms with E-state index in [0.717, 1.165) is 23.1 Å². The number of hydrogen-bond donors (Lipinski definition) is 2. The van der Waals surface area contributed by atoms with Gasteiger partial charge in [-0.1, -0.05) is 56.0 Å². The molecule has 2 N–H and O–H groups in total. The van der Waals surface area contributed by atoms with Crippen molar-refractivity contribution in [1.82, 2.24) is 4.90 Å². The topological polar surface area (TPSA) is 81.1 Å². The first-order valence-electron chi connectivity index (χ1n) is 8.36. The number of amides is 1. The highest BCUT2D eigenvalue weighted by Gasteiger charge is 2.38. The number of benzene rings is 1. The highest BCUT2D eigenvalue weighted by molar-refractivity contribution is 8.26. The van der Waals surface area contributed by atoms with Crippen molar-refractivity contribution in [3.63, 3.8) is 0 Å². The maximum absolute atomic E-state index is 12.6. The number of fused-ring (bicyclic) bond motifs is 1. The number of para-hydroxylation sites is 1. The molecule has 3 rings (SSSR count). The second kappa shape index (κ2) is 7.18. The quantitative estimate of drug-likeness (QED) is 0.436.